The third-order valence-electron chi connectivity index (χ3n) is 3.88. The van der Waals surface area contributed by atoms with Gasteiger partial charge < -0.3 is 0 Å². The van der Waals surface area contributed by atoms with Gasteiger partial charge in [0.05, 0.1) is 8.68 Å². The molecule has 1 aliphatic rings. The second kappa shape index (κ2) is 6.24. The number of nitrogens with one attached hydrogen (secondary N) is 1. The van der Waals surface area contributed by atoms with Crippen LogP contribution in [0.25, 0.3) is 0 Å². The summed E-state index contributed by atoms with van der Waals surface area (Å²) < 4.78 is 28.5. The molecule has 0 saturated heterocycles. The van der Waals surface area contributed by atoms with E-state index in [0.717, 1.165) is 40.3 Å². The maximum absolute atomic E-state index is 12.4. The number of hydrogen-bond donors (Lipinski definition) is 1. The molecule has 6 heteroatoms. The molecule has 0 spiro atoms. The second-order valence-corrected chi connectivity index (χ2v) is 9.54. The summed E-state index contributed by atoms with van der Waals surface area (Å²) in [5, 5.41) is 0. The van der Waals surface area contributed by atoms with Gasteiger partial charge in [-0.3, -0.25) is 0 Å². The molecular weight excluding hydrogens is 346 g/mol. The molecule has 1 aromatic heterocycles. The molecule has 0 bridgehead atoms. The molecule has 0 radical (unpaired) electrons. The number of halogens is 1. The molecule has 108 valence electrons. The molecule has 19 heavy (non-hydrogen) atoms. The van der Waals surface area contributed by atoms with Gasteiger partial charge in [0, 0.05) is 10.9 Å². The van der Waals surface area contributed by atoms with Gasteiger partial charge in [0.1, 0.15) is 0 Å². The average Bonchev–Trinajstić information content (AvgIpc) is 2.70. The van der Waals surface area contributed by atoms with E-state index in [-0.39, 0.29) is 6.04 Å². The Morgan fingerprint density at radius 3 is 2.47 bits per heavy atom. The predicted octanol–water partition coefficient (Wildman–Crippen LogP) is 4.07. The molecule has 1 aliphatic carbocycles. The highest BCUT2D eigenvalue weighted by molar-refractivity contribution is 9.11. The van der Waals surface area contributed by atoms with Crippen molar-refractivity contribution >= 4 is 37.3 Å². The normalized spacial score (nSPS) is 24.6. The van der Waals surface area contributed by atoms with Gasteiger partial charge in [-0.1, -0.05) is 13.3 Å². The van der Waals surface area contributed by atoms with Crippen molar-refractivity contribution in [2.75, 3.05) is 0 Å². The molecule has 0 aliphatic heterocycles. The van der Waals surface area contributed by atoms with Crippen LogP contribution in [0.2, 0.25) is 0 Å². The lowest BCUT2D eigenvalue weighted by atomic mass is 9.85. The van der Waals surface area contributed by atoms with Crippen LogP contribution in [0.4, 0.5) is 0 Å². The Balaban J connectivity index is 2.04. The van der Waals surface area contributed by atoms with Gasteiger partial charge in [-0.15, -0.1) is 11.3 Å². The summed E-state index contributed by atoms with van der Waals surface area (Å²) in [6, 6.07) is 1.80. The Morgan fingerprint density at radius 2 is 2.00 bits per heavy atom. The minimum Gasteiger partial charge on any atom is -0.208 e. The SMILES string of the molecule is CCC1CCC(NS(=O)(=O)c2cc(Br)sc2C)CC1. The molecule has 1 heterocycles. The van der Waals surface area contributed by atoms with Crippen molar-refractivity contribution in [2.45, 2.75) is 56.9 Å². The first-order chi connectivity index (χ1) is 8.92. The zero-order valence-corrected chi connectivity index (χ0v) is 14.5. The first-order valence-corrected chi connectivity index (χ1v) is 9.80. The lowest BCUT2D eigenvalue weighted by Gasteiger charge is -2.28. The lowest BCUT2D eigenvalue weighted by molar-refractivity contribution is 0.306. The number of aryl methyl sites for hydroxylation is 1. The van der Waals surface area contributed by atoms with E-state index >= 15 is 0 Å². The van der Waals surface area contributed by atoms with Crippen LogP contribution in [0.15, 0.2) is 14.7 Å². The van der Waals surface area contributed by atoms with E-state index in [9.17, 15) is 8.42 Å². The summed E-state index contributed by atoms with van der Waals surface area (Å²) in [4.78, 5) is 1.25. The van der Waals surface area contributed by atoms with E-state index in [1.165, 1.54) is 17.8 Å². The third kappa shape index (κ3) is 3.80. The monoisotopic (exact) mass is 365 g/mol. The predicted molar refractivity (Wildman–Crippen MR) is 83.1 cm³/mol. The summed E-state index contributed by atoms with van der Waals surface area (Å²) >= 11 is 4.80. The maximum Gasteiger partial charge on any atom is 0.241 e. The number of sulfonamides is 1. The lowest BCUT2D eigenvalue weighted by Crippen LogP contribution is -2.37. The van der Waals surface area contributed by atoms with Crippen LogP contribution in [-0.2, 0) is 10.0 Å². The van der Waals surface area contributed by atoms with Gasteiger partial charge >= 0.3 is 0 Å². The fourth-order valence-electron chi connectivity index (χ4n) is 2.67. The highest BCUT2D eigenvalue weighted by atomic mass is 79.9. The van der Waals surface area contributed by atoms with Crippen LogP contribution in [0.3, 0.4) is 0 Å². The second-order valence-electron chi connectivity index (χ2n) is 5.22. The molecule has 0 amide bonds. The molecule has 1 aromatic rings. The largest absolute Gasteiger partial charge is 0.241 e. The molecule has 1 N–H and O–H groups in total. The van der Waals surface area contributed by atoms with E-state index in [1.54, 1.807) is 6.07 Å². The van der Waals surface area contributed by atoms with Crippen molar-refractivity contribution < 1.29 is 8.42 Å². The number of hydrogen-bond acceptors (Lipinski definition) is 3. The zero-order chi connectivity index (χ0) is 14.0. The van der Waals surface area contributed by atoms with E-state index in [2.05, 4.69) is 27.6 Å². The number of thiophene rings is 1. The van der Waals surface area contributed by atoms with Crippen molar-refractivity contribution in [3.63, 3.8) is 0 Å². The highest BCUT2D eigenvalue weighted by Gasteiger charge is 2.26. The van der Waals surface area contributed by atoms with Crippen molar-refractivity contribution in [3.05, 3.63) is 14.7 Å². The summed E-state index contributed by atoms with van der Waals surface area (Å²) in [6.45, 7) is 4.05. The van der Waals surface area contributed by atoms with E-state index in [1.807, 2.05) is 6.92 Å². The Hall–Kier alpha value is 0.0900. The van der Waals surface area contributed by atoms with Gasteiger partial charge in [-0.2, -0.15) is 0 Å². The third-order valence-corrected chi connectivity index (χ3v) is 7.21. The molecule has 0 atom stereocenters. The fraction of sp³-hybridized carbons (Fsp3) is 0.692. The zero-order valence-electron chi connectivity index (χ0n) is 11.3. The van der Waals surface area contributed by atoms with Crippen LogP contribution in [0.1, 0.15) is 43.9 Å². The van der Waals surface area contributed by atoms with E-state index < -0.39 is 10.0 Å². The first kappa shape index (κ1) is 15.5. The standard InChI is InChI=1S/C13H20BrNO2S2/c1-3-10-4-6-11(7-5-10)15-19(16,17)12-8-13(14)18-9(12)2/h8,10-11,15H,3-7H2,1-2H3. The minimum atomic E-state index is -3.36. The van der Waals surface area contributed by atoms with E-state index in [4.69, 9.17) is 0 Å². The van der Waals surface area contributed by atoms with Crippen LogP contribution in [0.5, 0.6) is 0 Å². The quantitative estimate of drug-likeness (QED) is 0.873. The molecule has 1 saturated carbocycles. The van der Waals surface area contributed by atoms with Crippen molar-refractivity contribution in [1.29, 1.82) is 0 Å². The summed E-state index contributed by atoms with van der Waals surface area (Å²) in [5.74, 6) is 0.776. The topological polar surface area (TPSA) is 46.2 Å². The van der Waals surface area contributed by atoms with Crippen LogP contribution < -0.4 is 4.72 Å². The van der Waals surface area contributed by atoms with Crippen LogP contribution in [-0.4, -0.2) is 14.5 Å². The van der Waals surface area contributed by atoms with Gasteiger partial charge in [-0.25, -0.2) is 13.1 Å². The fourth-order valence-corrected chi connectivity index (χ4v) is 6.39. The molecule has 3 nitrogen and oxygen atoms in total. The highest BCUT2D eigenvalue weighted by Crippen LogP contribution is 2.31. The minimum absolute atomic E-state index is 0.103. The van der Waals surface area contributed by atoms with Crippen molar-refractivity contribution in [3.8, 4) is 0 Å². The molecule has 1 fully saturated rings. The Bertz CT molecular complexity index is 531. The Morgan fingerprint density at radius 1 is 1.37 bits per heavy atom. The van der Waals surface area contributed by atoms with Crippen LogP contribution >= 0.6 is 27.3 Å². The molecular formula is C13H20BrNO2S2. The first-order valence-electron chi connectivity index (χ1n) is 6.70. The molecule has 0 aromatic carbocycles. The van der Waals surface area contributed by atoms with Crippen molar-refractivity contribution in [2.24, 2.45) is 5.92 Å². The number of rotatable bonds is 4. The maximum atomic E-state index is 12.4. The van der Waals surface area contributed by atoms with E-state index in [0.29, 0.717) is 4.90 Å². The van der Waals surface area contributed by atoms with Crippen molar-refractivity contribution in [1.82, 2.24) is 4.72 Å². The Labute approximate surface area is 128 Å². The van der Waals surface area contributed by atoms with Gasteiger partial charge in [0.15, 0.2) is 0 Å². The van der Waals surface area contributed by atoms with Crippen LogP contribution in [0, 0.1) is 12.8 Å². The summed E-state index contributed by atoms with van der Waals surface area (Å²) in [6.07, 6.45) is 5.40. The Kier molecular flexibility index (Phi) is 5.09. The summed E-state index contributed by atoms with van der Waals surface area (Å²) in [7, 11) is -3.36. The summed E-state index contributed by atoms with van der Waals surface area (Å²) in [5.41, 5.74) is 0. The van der Waals surface area contributed by atoms with Gasteiger partial charge in [-0.05, 0) is 60.5 Å². The molecule has 0 unspecified atom stereocenters. The van der Waals surface area contributed by atoms with Gasteiger partial charge in [0.25, 0.3) is 0 Å². The smallest absolute Gasteiger partial charge is 0.208 e. The van der Waals surface area contributed by atoms with Gasteiger partial charge in [0.2, 0.25) is 10.0 Å². The average molecular weight is 366 g/mol. The molecule has 2 rings (SSSR count).